The predicted molar refractivity (Wildman–Crippen MR) is 70.2 cm³/mol. The minimum absolute atomic E-state index is 0.318. The van der Waals surface area contributed by atoms with E-state index in [4.69, 9.17) is 0 Å². The van der Waals surface area contributed by atoms with Gasteiger partial charge in [0, 0.05) is 24.1 Å². The quantitative estimate of drug-likeness (QED) is 0.733. The van der Waals surface area contributed by atoms with Gasteiger partial charge in [-0.05, 0) is 30.9 Å². The third-order valence-corrected chi connectivity index (χ3v) is 4.30. The monoisotopic (exact) mass is 321 g/mol. The number of alkyl halides is 4. The van der Waals surface area contributed by atoms with E-state index in [1.165, 1.54) is 6.07 Å². The average molecular weight is 322 g/mol. The van der Waals surface area contributed by atoms with Crippen molar-refractivity contribution >= 4 is 21.6 Å². The molecule has 1 fully saturated rings. The summed E-state index contributed by atoms with van der Waals surface area (Å²) in [6.45, 7) is 1.40. The van der Waals surface area contributed by atoms with Gasteiger partial charge in [-0.25, -0.2) is 0 Å². The van der Waals surface area contributed by atoms with Crippen LogP contribution in [0.3, 0.4) is 0 Å². The summed E-state index contributed by atoms with van der Waals surface area (Å²) in [5, 5.41) is 0.932. The van der Waals surface area contributed by atoms with E-state index in [0.29, 0.717) is 24.7 Å². The highest BCUT2D eigenvalue weighted by Crippen LogP contribution is 2.37. The molecule has 0 atom stereocenters. The summed E-state index contributed by atoms with van der Waals surface area (Å²) in [6.07, 6.45) is -2.39. The van der Waals surface area contributed by atoms with Crippen LogP contribution >= 0.6 is 15.9 Å². The van der Waals surface area contributed by atoms with Crippen LogP contribution in [0.25, 0.3) is 0 Å². The van der Waals surface area contributed by atoms with E-state index >= 15 is 0 Å². The van der Waals surface area contributed by atoms with Gasteiger partial charge < -0.3 is 4.90 Å². The molecule has 0 bridgehead atoms. The summed E-state index contributed by atoms with van der Waals surface area (Å²) >= 11 is 3.43. The van der Waals surface area contributed by atoms with Gasteiger partial charge in [-0.15, -0.1) is 0 Å². The lowest BCUT2D eigenvalue weighted by Crippen LogP contribution is -2.35. The van der Waals surface area contributed by atoms with E-state index < -0.39 is 11.7 Å². The maximum Gasteiger partial charge on any atom is 0.418 e. The summed E-state index contributed by atoms with van der Waals surface area (Å²) < 4.78 is 38.7. The van der Waals surface area contributed by atoms with Crippen molar-refractivity contribution in [1.29, 1.82) is 0 Å². The Hall–Kier alpha value is -0.710. The molecule has 0 unspecified atom stereocenters. The van der Waals surface area contributed by atoms with Crippen molar-refractivity contribution in [2.24, 2.45) is 5.92 Å². The third-order valence-electron chi connectivity index (χ3n) is 3.38. The Labute approximate surface area is 113 Å². The molecule has 0 radical (unpaired) electrons. The Bertz CT molecular complexity index is 397. The molecule has 0 aliphatic carbocycles. The number of anilines is 1. The van der Waals surface area contributed by atoms with Crippen LogP contribution in [-0.2, 0) is 6.18 Å². The van der Waals surface area contributed by atoms with E-state index in [0.717, 1.165) is 24.2 Å². The van der Waals surface area contributed by atoms with Crippen molar-refractivity contribution in [2.45, 2.75) is 19.0 Å². The zero-order chi connectivity index (χ0) is 13.2. The van der Waals surface area contributed by atoms with E-state index in [9.17, 15) is 13.2 Å². The predicted octanol–water partition coefficient (Wildman–Crippen LogP) is 4.32. The Morgan fingerprint density at radius 2 is 1.78 bits per heavy atom. The fraction of sp³-hybridized carbons (Fsp3) is 0.538. The lowest BCUT2D eigenvalue weighted by Gasteiger charge is -2.34. The van der Waals surface area contributed by atoms with Crippen molar-refractivity contribution in [3.8, 4) is 0 Å². The molecule has 1 aromatic carbocycles. The fourth-order valence-electron chi connectivity index (χ4n) is 2.32. The molecule has 1 nitrogen and oxygen atoms in total. The minimum atomic E-state index is -4.27. The van der Waals surface area contributed by atoms with Crippen molar-refractivity contribution in [2.75, 3.05) is 23.3 Å². The van der Waals surface area contributed by atoms with Crippen LogP contribution in [0, 0.1) is 5.92 Å². The summed E-state index contributed by atoms with van der Waals surface area (Å²) in [5.41, 5.74) is -0.208. The Morgan fingerprint density at radius 3 is 2.33 bits per heavy atom. The highest BCUT2D eigenvalue weighted by atomic mass is 79.9. The van der Waals surface area contributed by atoms with Crippen molar-refractivity contribution in [3.05, 3.63) is 29.8 Å². The summed E-state index contributed by atoms with van der Waals surface area (Å²) in [5.74, 6) is 0.583. The second-order valence-corrected chi connectivity index (χ2v) is 5.25. The number of piperidine rings is 1. The molecule has 0 N–H and O–H groups in total. The van der Waals surface area contributed by atoms with Gasteiger partial charge in [-0.2, -0.15) is 13.2 Å². The number of hydrogen-bond donors (Lipinski definition) is 0. The third kappa shape index (κ3) is 2.99. The molecule has 0 spiro atoms. The molecule has 0 saturated carbocycles. The molecule has 2 rings (SSSR count). The first-order valence-electron chi connectivity index (χ1n) is 5.99. The van der Waals surface area contributed by atoms with E-state index in [1.54, 1.807) is 12.1 Å². The van der Waals surface area contributed by atoms with Crippen molar-refractivity contribution in [3.63, 3.8) is 0 Å². The Morgan fingerprint density at radius 1 is 1.17 bits per heavy atom. The molecule has 1 aliphatic heterocycles. The van der Waals surface area contributed by atoms with Crippen LogP contribution in [-0.4, -0.2) is 18.4 Å². The van der Waals surface area contributed by atoms with Crippen LogP contribution in [0.1, 0.15) is 18.4 Å². The second kappa shape index (κ2) is 5.51. The molecule has 18 heavy (non-hydrogen) atoms. The SMILES string of the molecule is FC(F)(F)c1ccccc1N1CCC(CBr)CC1. The lowest BCUT2D eigenvalue weighted by atomic mass is 9.98. The van der Waals surface area contributed by atoms with Gasteiger partial charge in [0.05, 0.1) is 5.56 Å². The standard InChI is InChI=1S/C13H15BrF3N/c14-9-10-5-7-18(8-6-10)12-4-2-1-3-11(12)13(15,16)17/h1-4,10H,5-9H2. The van der Waals surface area contributed by atoms with Gasteiger partial charge in [-0.1, -0.05) is 28.1 Å². The van der Waals surface area contributed by atoms with Gasteiger partial charge in [0.25, 0.3) is 0 Å². The number of nitrogens with zero attached hydrogens (tertiary/aromatic N) is 1. The van der Waals surface area contributed by atoms with Gasteiger partial charge in [0.1, 0.15) is 0 Å². The molecule has 5 heteroatoms. The maximum atomic E-state index is 12.9. The Kier molecular flexibility index (Phi) is 4.20. The van der Waals surface area contributed by atoms with Crippen molar-refractivity contribution < 1.29 is 13.2 Å². The van der Waals surface area contributed by atoms with Gasteiger partial charge >= 0.3 is 6.18 Å². The molecule has 1 saturated heterocycles. The summed E-state index contributed by atoms with van der Waals surface area (Å²) in [7, 11) is 0. The highest BCUT2D eigenvalue weighted by Gasteiger charge is 2.35. The molecular weight excluding hydrogens is 307 g/mol. The normalized spacial score (nSPS) is 18.1. The van der Waals surface area contributed by atoms with Gasteiger partial charge in [0.2, 0.25) is 0 Å². The van der Waals surface area contributed by atoms with Crippen LogP contribution in [0.5, 0.6) is 0 Å². The minimum Gasteiger partial charge on any atom is -0.371 e. The van der Waals surface area contributed by atoms with Crippen LogP contribution in [0.15, 0.2) is 24.3 Å². The molecule has 1 aromatic rings. The van der Waals surface area contributed by atoms with Crippen LogP contribution < -0.4 is 4.90 Å². The smallest absolute Gasteiger partial charge is 0.371 e. The van der Waals surface area contributed by atoms with E-state index in [1.807, 2.05) is 4.90 Å². The van der Waals surface area contributed by atoms with E-state index in [2.05, 4.69) is 15.9 Å². The number of rotatable bonds is 2. The first-order chi connectivity index (χ1) is 8.52. The van der Waals surface area contributed by atoms with E-state index in [-0.39, 0.29) is 0 Å². The molecule has 0 amide bonds. The topological polar surface area (TPSA) is 3.24 Å². The number of para-hydroxylation sites is 1. The Balaban J connectivity index is 2.19. The van der Waals surface area contributed by atoms with Gasteiger partial charge in [-0.3, -0.25) is 0 Å². The second-order valence-electron chi connectivity index (χ2n) is 4.60. The summed E-state index contributed by atoms with van der Waals surface area (Å²) in [6, 6.07) is 5.84. The molecule has 100 valence electrons. The first kappa shape index (κ1) is 13.7. The summed E-state index contributed by atoms with van der Waals surface area (Å²) in [4.78, 5) is 1.85. The van der Waals surface area contributed by atoms with Crippen molar-refractivity contribution in [1.82, 2.24) is 0 Å². The zero-order valence-corrected chi connectivity index (χ0v) is 11.5. The van der Waals surface area contributed by atoms with Crippen LogP contribution in [0.4, 0.5) is 18.9 Å². The fourth-order valence-corrected chi connectivity index (χ4v) is 2.96. The highest BCUT2D eigenvalue weighted by molar-refractivity contribution is 9.09. The number of halogens is 4. The first-order valence-corrected chi connectivity index (χ1v) is 7.11. The van der Waals surface area contributed by atoms with Gasteiger partial charge in [0.15, 0.2) is 0 Å². The number of hydrogen-bond acceptors (Lipinski definition) is 1. The lowest BCUT2D eigenvalue weighted by molar-refractivity contribution is -0.137. The molecular formula is C13H15BrF3N. The molecule has 1 heterocycles. The molecule has 0 aromatic heterocycles. The van der Waals surface area contributed by atoms with Crippen LogP contribution in [0.2, 0.25) is 0 Å². The zero-order valence-electron chi connectivity index (χ0n) is 9.88. The average Bonchev–Trinajstić information content (AvgIpc) is 2.38. The largest absolute Gasteiger partial charge is 0.418 e. The molecule has 1 aliphatic rings. The maximum absolute atomic E-state index is 12.9. The number of benzene rings is 1.